The number of hydrogen-bond acceptors (Lipinski definition) is 4. The SMILES string of the molecule is Cc1cc(C)n(CCCC(=O)N2Cc3ccccc3OC3(CCOCC3)C2)n1. The standard InChI is InChI=1S/C22H29N3O3/c1-17-14-18(2)25(23-17)11-5-8-21(26)24-15-19-6-3-4-7-20(19)28-22(16-24)9-12-27-13-10-22/h3-4,6-7,14H,5,8-13,15-16H2,1-2H3. The topological polar surface area (TPSA) is 56.6 Å². The second-order valence-electron chi connectivity index (χ2n) is 8.01. The van der Waals surface area contributed by atoms with Crippen LogP contribution in [0.1, 0.15) is 42.6 Å². The first kappa shape index (κ1) is 19.0. The number of aromatic nitrogens is 2. The van der Waals surface area contributed by atoms with Crippen molar-refractivity contribution in [3.63, 3.8) is 0 Å². The molecule has 2 aliphatic heterocycles. The molecule has 28 heavy (non-hydrogen) atoms. The van der Waals surface area contributed by atoms with Crippen LogP contribution in [0.5, 0.6) is 5.75 Å². The Labute approximate surface area is 166 Å². The van der Waals surface area contributed by atoms with Crippen LogP contribution < -0.4 is 4.74 Å². The lowest BCUT2D eigenvalue weighted by atomic mass is 9.93. The predicted molar refractivity (Wildman–Crippen MR) is 106 cm³/mol. The van der Waals surface area contributed by atoms with E-state index in [2.05, 4.69) is 24.2 Å². The summed E-state index contributed by atoms with van der Waals surface area (Å²) in [5.41, 5.74) is 2.91. The van der Waals surface area contributed by atoms with Gasteiger partial charge in [0.05, 0.1) is 25.5 Å². The van der Waals surface area contributed by atoms with Crippen LogP contribution in [-0.2, 0) is 22.6 Å². The third-order valence-electron chi connectivity index (χ3n) is 5.76. The molecule has 6 nitrogen and oxygen atoms in total. The first-order valence-corrected chi connectivity index (χ1v) is 10.2. The minimum absolute atomic E-state index is 0.188. The van der Waals surface area contributed by atoms with Crippen LogP contribution in [0.25, 0.3) is 0 Å². The summed E-state index contributed by atoms with van der Waals surface area (Å²) < 4.78 is 14.0. The largest absolute Gasteiger partial charge is 0.485 e. The van der Waals surface area contributed by atoms with Crippen LogP contribution in [-0.4, -0.2) is 45.9 Å². The van der Waals surface area contributed by atoms with Gasteiger partial charge in [0.2, 0.25) is 5.91 Å². The number of fused-ring (bicyclic) bond motifs is 1. The second-order valence-corrected chi connectivity index (χ2v) is 8.01. The van der Waals surface area contributed by atoms with Gasteiger partial charge in [-0.1, -0.05) is 18.2 Å². The molecule has 0 unspecified atom stereocenters. The minimum atomic E-state index is -0.337. The molecule has 2 aliphatic rings. The Balaban J connectivity index is 1.46. The van der Waals surface area contributed by atoms with Crippen molar-refractivity contribution in [2.75, 3.05) is 19.8 Å². The van der Waals surface area contributed by atoms with E-state index in [-0.39, 0.29) is 11.5 Å². The fourth-order valence-electron chi connectivity index (χ4n) is 4.23. The molecule has 0 N–H and O–H groups in total. The van der Waals surface area contributed by atoms with Crippen LogP contribution in [0.4, 0.5) is 0 Å². The fourth-order valence-corrected chi connectivity index (χ4v) is 4.23. The van der Waals surface area contributed by atoms with Gasteiger partial charge in [-0.15, -0.1) is 0 Å². The zero-order valence-corrected chi connectivity index (χ0v) is 16.8. The van der Waals surface area contributed by atoms with Gasteiger partial charge in [0.15, 0.2) is 0 Å². The molecule has 0 radical (unpaired) electrons. The number of benzene rings is 1. The highest BCUT2D eigenvalue weighted by Gasteiger charge is 2.40. The monoisotopic (exact) mass is 383 g/mol. The lowest BCUT2D eigenvalue weighted by molar-refractivity contribution is -0.136. The number of aryl methyl sites for hydroxylation is 3. The number of hydrogen-bond donors (Lipinski definition) is 0. The average Bonchev–Trinajstić information content (AvgIpc) is 2.91. The van der Waals surface area contributed by atoms with Crippen LogP contribution in [0, 0.1) is 13.8 Å². The lowest BCUT2D eigenvalue weighted by Gasteiger charge is -2.39. The summed E-state index contributed by atoms with van der Waals surface area (Å²) >= 11 is 0. The summed E-state index contributed by atoms with van der Waals surface area (Å²) in [6.45, 7) is 7.42. The summed E-state index contributed by atoms with van der Waals surface area (Å²) in [7, 11) is 0. The number of nitrogens with zero attached hydrogens (tertiary/aromatic N) is 3. The van der Waals surface area contributed by atoms with Gasteiger partial charge in [0, 0.05) is 43.6 Å². The molecular formula is C22H29N3O3. The Hall–Kier alpha value is -2.34. The summed E-state index contributed by atoms with van der Waals surface area (Å²) in [6.07, 6.45) is 2.94. The summed E-state index contributed by atoms with van der Waals surface area (Å²) in [5, 5.41) is 4.49. The van der Waals surface area contributed by atoms with Gasteiger partial charge < -0.3 is 14.4 Å². The number of ether oxygens (including phenoxy) is 2. The molecule has 6 heteroatoms. The maximum absolute atomic E-state index is 13.1. The van der Waals surface area contributed by atoms with Gasteiger partial charge in [0.25, 0.3) is 0 Å². The van der Waals surface area contributed by atoms with Crippen molar-refractivity contribution in [3.05, 3.63) is 47.3 Å². The highest BCUT2D eigenvalue weighted by molar-refractivity contribution is 5.76. The molecule has 1 aromatic carbocycles. The summed E-state index contributed by atoms with van der Waals surface area (Å²) in [5.74, 6) is 1.09. The van der Waals surface area contributed by atoms with Gasteiger partial charge in [-0.3, -0.25) is 9.48 Å². The fraction of sp³-hybridized carbons (Fsp3) is 0.545. The van der Waals surface area contributed by atoms with Gasteiger partial charge in [0.1, 0.15) is 11.4 Å². The number of carbonyl (C=O) groups is 1. The molecule has 1 amide bonds. The number of carbonyl (C=O) groups excluding carboxylic acids is 1. The van der Waals surface area contributed by atoms with Crippen LogP contribution >= 0.6 is 0 Å². The molecule has 0 saturated carbocycles. The van der Waals surface area contributed by atoms with Crippen molar-refractivity contribution < 1.29 is 14.3 Å². The van der Waals surface area contributed by atoms with E-state index in [0.29, 0.717) is 32.7 Å². The van der Waals surface area contributed by atoms with Crippen molar-refractivity contribution in [2.45, 2.75) is 58.2 Å². The third-order valence-corrected chi connectivity index (χ3v) is 5.76. The zero-order valence-electron chi connectivity index (χ0n) is 16.8. The molecular weight excluding hydrogens is 354 g/mol. The molecule has 2 aromatic rings. The Bertz CT molecular complexity index is 839. The molecule has 1 saturated heterocycles. The number of rotatable bonds is 4. The van der Waals surface area contributed by atoms with Crippen molar-refractivity contribution in [1.82, 2.24) is 14.7 Å². The summed E-state index contributed by atoms with van der Waals surface area (Å²) in [6, 6.07) is 10.2. The van der Waals surface area contributed by atoms with Crippen LogP contribution in [0.15, 0.2) is 30.3 Å². The average molecular weight is 383 g/mol. The second kappa shape index (κ2) is 7.95. The highest BCUT2D eigenvalue weighted by atomic mass is 16.5. The maximum Gasteiger partial charge on any atom is 0.223 e. The normalized spacial score (nSPS) is 18.4. The molecule has 1 aromatic heterocycles. The molecule has 1 fully saturated rings. The number of amides is 1. The van der Waals surface area contributed by atoms with Crippen molar-refractivity contribution in [3.8, 4) is 5.75 Å². The van der Waals surface area contributed by atoms with Gasteiger partial charge in [-0.25, -0.2) is 0 Å². The molecule has 0 atom stereocenters. The molecule has 4 rings (SSSR count). The Morgan fingerprint density at radius 1 is 1.21 bits per heavy atom. The maximum atomic E-state index is 13.1. The van der Waals surface area contributed by atoms with Crippen LogP contribution in [0.3, 0.4) is 0 Å². The first-order chi connectivity index (χ1) is 13.5. The van der Waals surface area contributed by atoms with Crippen molar-refractivity contribution in [2.24, 2.45) is 0 Å². The Kier molecular flexibility index (Phi) is 5.40. The third kappa shape index (κ3) is 4.07. The van der Waals surface area contributed by atoms with Gasteiger partial charge >= 0.3 is 0 Å². The van der Waals surface area contributed by atoms with Gasteiger partial charge in [-0.05, 0) is 32.4 Å². The van der Waals surface area contributed by atoms with Gasteiger partial charge in [-0.2, -0.15) is 5.10 Å². The van der Waals surface area contributed by atoms with E-state index in [1.54, 1.807) is 0 Å². The first-order valence-electron chi connectivity index (χ1n) is 10.2. The molecule has 150 valence electrons. The van der Waals surface area contributed by atoms with E-state index in [0.717, 1.165) is 48.5 Å². The van der Waals surface area contributed by atoms with E-state index >= 15 is 0 Å². The minimum Gasteiger partial charge on any atom is -0.485 e. The van der Waals surface area contributed by atoms with E-state index in [1.807, 2.05) is 34.7 Å². The smallest absolute Gasteiger partial charge is 0.223 e. The lowest BCUT2D eigenvalue weighted by Crippen LogP contribution is -2.50. The van der Waals surface area contributed by atoms with Crippen molar-refractivity contribution >= 4 is 5.91 Å². The van der Waals surface area contributed by atoms with Crippen molar-refractivity contribution in [1.29, 1.82) is 0 Å². The Morgan fingerprint density at radius 3 is 2.75 bits per heavy atom. The van der Waals surface area contributed by atoms with E-state index < -0.39 is 0 Å². The Morgan fingerprint density at radius 2 is 2.00 bits per heavy atom. The zero-order chi connectivity index (χ0) is 19.6. The quantitative estimate of drug-likeness (QED) is 0.813. The highest BCUT2D eigenvalue weighted by Crippen LogP contribution is 2.35. The molecule has 1 spiro atoms. The number of para-hydroxylation sites is 1. The predicted octanol–water partition coefficient (Wildman–Crippen LogP) is 3.25. The van der Waals surface area contributed by atoms with Crippen LogP contribution in [0.2, 0.25) is 0 Å². The van der Waals surface area contributed by atoms with E-state index in [1.165, 1.54) is 0 Å². The van der Waals surface area contributed by atoms with E-state index in [9.17, 15) is 4.79 Å². The molecule has 0 aliphatic carbocycles. The van der Waals surface area contributed by atoms with E-state index in [4.69, 9.17) is 9.47 Å². The molecule has 0 bridgehead atoms. The molecule has 3 heterocycles. The summed E-state index contributed by atoms with van der Waals surface area (Å²) in [4.78, 5) is 15.1.